The molecule has 0 amide bonds. The zero-order valence-corrected chi connectivity index (χ0v) is 36.8. The molecular weight excluding hydrogens is 703 g/mol. The second-order valence-electron chi connectivity index (χ2n) is 16.3. The Balaban J connectivity index is 4.21. The number of aliphatic carboxylic acids is 1. The van der Waals surface area contributed by atoms with Gasteiger partial charge in [-0.1, -0.05) is 165 Å². The molecule has 0 radical (unpaired) electrons. The highest BCUT2D eigenvalue weighted by Crippen LogP contribution is 2.15. The second-order valence-corrected chi connectivity index (χ2v) is 16.3. The number of rotatable bonds is 40. The minimum atomic E-state index is -0.876. The molecule has 0 bridgehead atoms. The van der Waals surface area contributed by atoms with E-state index in [0.717, 1.165) is 64.2 Å². The number of carboxylic acids is 1. The van der Waals surface area contributed by atoms with Crippen molar-refractivity contribution in [2.75, 3.05) is 41.0 Å². The number of quaternary nitrogens is 1. The van der Waals surface area contributed by atoms with Crippen LogP contribution in [0.15, 0.2) is 48.6 Å². The van der Waals surface area contributed by atoms with Crippen molar-refractivity contribution in [3.63, 3.8) is 0 Å². The molecule has 0 aliphatic rings. The van der Waals surface area contributed by atoms with Crippen molar-refractivity contribution < 1.29 is 38.2 Å². The first-order valence-corrected chi connectivity index (χ1v) is 22.7. The highest BCUT2D eigenvalue weighted by Gasteiger charge is 2.31. The lowest BCUT2D eigenvalue weighted by Crippen LogP contribution is -2.50. The molecule has 0 saturated carbocycles. The highest BCUT2D eigenvalue weighted by atomic mass is 16.6. The molecule has 0 spiro atoms. The summed E-state index contributed by atoms with van der Waals surface area (Å²) in [5.74, 6) is -1.47. The maximum Gasteiger partial charge on any atom is 0.362 e. The van der Waals surface area contributed by atoms with E-state index in [0.29, 0.717) is 19.3 Å². The number of carbonyl (C=O) groups excluding carboxylic acids is 2. The van der Waals surface area contributed by atoms with Crippen molar-refractivity contribution in [3.8, 4) is 0 Å². The van der Waals surface area contributed by atoms with E-state index >= 15 is 0 Å². The molecule has 0 rings (SSSR count). The molecule has 0 aromatic heterocycles. The van der Waals surface area contributed by atoms with Gasteiger partial charge in [-0.25, -0.2) is 4.79 Å². The topological polar surface area (TPSA) is 99.1 Å². The molecule has 8 heteroatoms. The zero-order chi connectivity index (χ0) is 41.4. The first-order chi connectivity index (χ1) is 27.1. The van der Waals surface area contributed by atoms with E-state index in [1.807, 2.05) is 21.1 Å². The number of likely N-dealkylation sites (N-methyl/N-ethyl adjacent to an activating group) is 1. The largest absolute Gasteiger partial charge is 0.477 e. The van der Waals surface area contributed by atoms with Crippen LogP contribution in [0.2, 0.25) is 0 Å². The molecule has 1 N–H and O–H groups in total. The first-order valence-electron chi connectivity index (χ1n) is 22.7. The third kappa shape index (κ3) is 36.9. The molecule has 2 unspecified atom stereocenters. The lowest BCUT2D eigenvalue weighted by molar-refractivity contribution is -0.887. The van der Waals surface area contributed by atoms with Crippen LogP contribution in [-0.2, 0) is 28.6 Å². The molecule has 324 valence electrons. The van der Waals surface area contributed by atoms with Gasteiger partial charge in [-0.15, -0.1) is 0 Å². The third-order valence-corrected chi connectivity index (χ3v) is 9.99. The summed E-state index contributed by atoms with van der Waals surface area (Å²) in [5.41, 5.74) is 0. The number of hydrogen-bond acceptors (Lipinski definition) is 6. The molecule has 0 aromatic carbocycles. The standard InChI is InChI=1S/C48H85NO7/c1-6-8-10-12-14-16-17-18-19-20-21-22-23-24-25-26-27-28-29-31-33-35-37-39-47(51)56-44(42-54-41-40-45(48(52)53)49(3,4)5)43-55-46(50)38-36-34-32-30-15-13-11-9-7-2/h8,10,14,16,18-19,21-22,44-45H,6-7,9,11-13,15,17,20,23-43H2,1-5H3/p+1/b10-8+,16-14+,19-18+,22-21+. The molecule has 0 aromatic rings. The van der Waals surface area contributed by atoms with Crippen LogP contribution >= 0.6 is 0 Å². The van der Waals surface area contributed by atoms with Crippen molar-refractivity contribution in [3.05, 3.63) is 48.6 Å². The fourth-order valence-electron chi connectivity index (χ4n) is 6.49. The summed E-state index contributed by atoms with van der Waals surface area (Å²) in [6.07, 6.45) is 45.9. The van der Waals surface area contributed by atoms with Gasteiger partial charge >= 0.3 is 17.9 Å². The van der Waals surface area contributed by atoms with Crippen molar-refractivity contribution in [1.29, 1.82) is 0 Å². The molecular formula is C48H86NO7+. The Bertz CT molecular complexity index is 1060. The van der Waals surface area contributed by atoms with Gasteiger partial charge in [0.05, 0.1) is 34.4 Å². The van der Waals surface area contributed by atoms with Crippen molar-refractivity contribution in [2.45, 2.75) is 199 Å². The normalized spacial score (nSPS) is 13.4. The van der Waals surface area contributed by atoms with Crippen molar-refractivity contribution in [2.24, 2.45) is 0 Å². The molecule has 56 heavy (non-hydrogen) atoms. The SMILES string of the molecule is CC/C=C/C/C=C/C/C=C/C/C=C/CCCCCCCCCCCCC(=O)OC(COCCC(C(=O)O)[N+](C)(C)C)COC(=O)CCCCCCCCCCC. The summed E-state index contributed by atoms with van der Waals surface area (Å²) in [5, 5.41) is 9.61. The number of ether oxygens (including phenoxy) is 3. The summed E-state index contributed by atoms with van der Waals surface area (Å²) in [7, 11) is 5.52. The number of unbranched alkanes of at least 4 members (excludes halogenated alkanes) is 18. The Hall–Kier alpha value is -2.71. The number of hydrogen-bond donors (Lipinski definition) is 1. The van der Waals surface area contributed by atoms with Crippen LogP contribution in [0.25, 0.3) is 0 Å². The second kappa shape index (κ2) is 39.1. The smallest absolute Gasteiger partial charge is 0.362 e. The highest BCUT2D eigenvalue weighted by molar-refractivity contribution is 5.72. The summed E-state index contributed by atoms with van der Waals surface area (Å²) in [6, 6.07) is -0.614. The van der Waals surface area contributed by atoms with Crippen molar-refractivity contribution in [1.82, 2.24) is 0 Å². The number of carbonyl (C=O) groups is 3. The van der Waals surface area contributed by atoms with Crippen LogP contribution in [0, 0.1) is 0 Å². The third-order valence-electron chi connectivity index (χ3n) is 9.99. The Morgan fingerprint density at radius 3 is 1.48 bits per heavy atom. The van der Waals surface area contributed by atoms with Gasteiger partial charge < -0.3 is 23.8 Å². The molecule has 0 heterocycles. The summed E-state index contributed by atoms with van der Waals surface area (Å²) in [6.45, 7) is 4.60. The van der Waals surface area contributed by atoms with Gasteiger partial charge in [0.15, 0.2) is 12.1 Å². The van der Waals surface area contributed by atoms with Crippen LogP contribution in [0.5, 0.6) is 0 Å². The number of allylic oxidation sites excluding steroid dienone is 8. The fourth-order valence-corrected chi connectivity index (χ4v) is 6.49. The van der Waals surface area contributed by atoms with E-state index in [2.05, 4.69) is 62.5 Å². The summed E-state index contributed by atoms with van der Waals surface area (Å²) < 4.78 is 17.2. The van der Waals surface area contributed by atoms with E-state index in [4.69, 9.17) is 14.2 Å². The molecule has 0 fully saturated rings. The molecule has 0 saturated heterocycles. The first kappa shape index (κ1) is 53.3. The van der Waals surface area contributed by atoms with Crippen molar-refractivity contribution >= 4 is 17.9 Å². The maximum atomic E-state index is 12.7. The van der Waals surface area contributed by atoms with Crippen LogP contribution in [0.3, 0.4) is 0 Å². The van der Waals surface area contributed by atoms with Gasteiger partial charge in [0.25, 0.3) is 0 Å². The predicted octanol–water partition coefficient (Wildman–Crippen LogP) is 12.4. The minimum Gasteiger partial charge on any atom is -0.477 e. The van der Waals surface area contributed by atoms with Gasteiger partial charge in [0.1, 0.15) is 6.61 Å². The Morgan fingerprint density at radius 1 is 0.554 bits per heavy atom. The van der Waals surface area contributed by atoms with E-state index in [1.165, 1.54) is 89.9 Å². The number of esters is 2. The molecule has 8 nitrogen and oxygen atoms in total. The molecule has 2 atom stereocenters. The average molecular weight is 789 g/mol. The van der Waals surface area contributed by atoms with Crippen LogP contribution in [-0.4, -0.2) is 80.6 Å². The summed E-state index contributed by atoms with van der Waals surface area (Å²) in [4.78, 5) is 36.9. The average Bonchev–Trinajstić information content (AvgIpc) is 3.15. The Labute approximate surface area is 344 Å². The van der Waals surface area contributed by atoms with Gasteiger partial charge in [0.2, 0.25) is 0 Å². The van der Waals surface area contributed by atoms with E-state index in [9.17, 15) is 19.5 Å². The predicted molar refractivity (Wildman–Crippen MR) is 234 cm³/mol. The monoisotopic (exact) mass is 789 g/mol. The number of nitrogens with zero attached hydrogens (tertiary/aromatic N) is 1. The van der Waals surface area contributed by atoms with E-state index in [-0.39, 0.29) is 36.2 Å². The lowest BCUT2D eigenvalue weighted by atomic mass is 10.0. The minimum absolute atomic E-state index is 0.0515. The van der Waals surface area contributed by atoms with Gasteiger partial charge in [0, 0.05) is 19.3 Å². The zero-order valence-electron chi connectivity index (χ0n) is 36.8. The maximum absolute atomic E-state index is 12.7. The van der Waals surface area contributed by atoms with Gasteiger partial charge in [-0.05, 0) is 51.4 Å². The van der Waals surface area contributed by atoms with Crippen LogP contribution < -0.4 is 0 Å². The lowest BCUT2D eigenvalue weighted by Gasteiger charge is -2.31. The van der Waals surface area contributed by atoms with Gasteiger partial charge in [-0.3, -0.25) is 9.59 Å². The van der Waals surface area contributed by atoms with E-state index < -0.39 is 18.1 Å². The quantitative estimate of drug-likeness (QED) is 0.0286. The van der Waals surface area contributed by atoms with Gasteiger partial charge in [-0.2, -0.15) is 0 Å². The van der Waals surface area contributed by atoms with Crippen LogP contribution in [0.1, 0.15) is 187 Å². The molecule has 0 aliphatic carbocycles. The Kier molecular flexibility index (Phi) is 37.2. The summed E-state index contributed by atoms with van der Waals surface area (Å²) >= 11 is 0. The Morgan fingerprint density at radius 2 is 1.00 bits per heavy atom. The molecule has 0 aliphatic heterocycles. The number of carboxylic acid groups (broad SMARTS) is 1. The van der Waals surface area contributed by atoms with Crippen LogP contribution in [0.4, 0.5) is 0 Å². The fraction of sp³-hybridized carbons (Fsp3) is 0.771. The van der Waals surface area contributed by atoms with E-state index in [1.54, 1.807) is 0 Å².